The number of aryl methyl sites for hydroxylation is 1. The molecule has 3 aromatic rings. The van der Waals surface area contributed by atoms with Crippen LogP contribution in [0.4, 0.5) is 0 Å². The molecule has 0 radical (unpaired) electrons. The van der Waals surface area contributed by atoms with E-state index in [4.69, 9.17) is 4.42 Å². The Labute approximate surface area is 124 Å². The molecule has 0 fully saturated rings. The molecule has 0 bridgehead atoms. The highest BCUT2D eigenvalue weighted by Gasteiger charge is 2.19. The third kappa shape index (κ3) is 2.23. The molecule has 0 atom stereocenters. The predicted octanol–water partition coefficient (Wildman–Crippen LogP) is 2.37. The Balaban J connectivity index is 2.31. The maximum absolute atomic E-state index is 12.6. The third-order valence-electron chi connectivity index (χ3n) is 3.25. The van der Waals surface area contributed by atoms with Crippen molar-refractivity contribution >= 4 is 21.6 Å². The average Bonchev–Trinajstić information content (AvgIpc) is 3.02. The number of aromatic nitrogens is 3. The molecule has 7 heteroatoms. The minimum atomic E-state index is -0.374. The van der Waals surface area contributed by atoms with Crippen molar-refractivity contribution in [2.24, 2.45) is 5.92 Å². The summed E-state index contributed by atoms with van der Waals surface area (Å²) in [6.45, 7) is 6.18. The summed E-state index contributed by atoms with van der Waals surface area (Å²) in [5, 5.41) is 0.536. The highest BCUT2D eigenvalue weighted by atomic mass is 32.1. The fraction of sp³-hybridized carbons (Fsp3) is 0.357. The van der Waals surface area contributed by atoms with Gasteiger partial charge in [0.2, 0.25) is 5.89 Å². The Hall–Kier alpha value is -2.15. The van der Waals surface area contributed by atoms with Crippen molar-refractivity contribution in [3.63, 3.8) is 0 Å². The topological polar surface area (TPSA) is 80.9 Å². The van der Waals surface area contributed by atoms with E-state index in [2.05, 4.69) is 9.97 Å². The monoisotopic (exact) mass is 305 g/mol. The fourth-order valence-corrected chi connectivity index (χ4v) is 3.45. The van der Waals surface area contributed by atoms with E-state index in [1.165, 1.54) is 22.2 Å². The lowest BCUT2D eigenvalue weighted by Crippen LogP contribution is -2.36. The molecule has 3 heterocycles. The number of rotatable bonds is 3. The summed E-state index contributed by atoms with van der Waals surface area (Å²) in [7, 11) is 0. The van der Waals surface area contributed by atoms with Gasteiger partial charge in [0, 0.05) is 6.54 Å². The second-order valence-corrected chi connectivity index (χ2v) is 6.36. The highest BCUT2D eigenvalue weighted by molar-refractivity contribution is 7.22. The van der Waals surface area contributed by atoms with E-state index in [0.29, 0.717) is 22.7 Å². The fourth-order valence-electron chi connectivity index (χ4n) is 2.32. The minimum absolute atomic E-state index is 0.214. The maximum Gasteiger partial charge on any atom is 0.329 e. The van der Waals surface area contributed by atoms with Crippen LogP contribution < -0.4 is 11.2 Å². The lowest BCUT2D eigenvalue weighted by molar-refractivity contribution is 0.496. The molecule has 6 nitrogen and oxygen atoms in total. The van der Waals surface area contributed by atoms with Crippen molar-refractivity contribution in [3.8, 4) is 10.8 Å². The predicted molar refractivity (Wildman–Crippen MR) is 81.8 cm³/mol. The molecule has 0 aliphatic carbocycles. The van der Waals surface area contributed by atoms with E-state index in [1.54, 1.807) is 6.20 Å². The van der Waals surface area contributed by atoms with Crippen molar-refractivity contribution in [2.75, 3.05) is 0 Å². The third-order valence-corrected chi connectivity index (χ3v) is 4.44. The van der Waals surface area contributed by atoms with Gasteiger partial charge in [0.25, 0.3) is 5.56 Å². The summed E-state index contributed by atoms with van der Waals surface area (Å²) in [6, 6.07) is 0. The first kappa shape index (κ1) is 13.8. The first-order valence-electron chi connectivity index (χ1n) is 6.65. The number of nitrogens with one attached hydrogen (secondary N) is 1. The van der Waals surface area contributed by atoms with Crippen LogP contribution in [0.2, 0.25) is 0 Å². The van der Waals surface area contributed by atoms with Gasteiger partial charge in [0.15, 0.2) is 0 Å². The van der Waals surface area contributed by atoms with Crippen LogP contribution in [0.5, 0.6) is 0 Å². The molecule has 0 unspecified atom stereocenters. The van der Waals surface area contributed by atoms with Gasteiger partial charge in [-0.25, -0.2) is 9.78 Å². The molecule has 0 spiro atoms. The van der Waals surface area contributed by atoms with Gasteiger partial charge >= 0.3 is 5.69 Å². The Bertz CT molecular complexity index is 900. The summed E-state index contributed by atoms with van der Waals surface area (Å²) in [4.78, 5) is 32.9. The molecule has 0 aromatic carbocycles. The quantitative estimate of drug-likeness (QED) is 0.805. The van der Waals surface area contributed by atoms with Crippen molar-refractivity contribution < 1.29 is 4.42 Å². The molecule has 0 saturated heterocycles. The van der Waals surface area contributed by atoms with Gasteiger partial charge in [0.1, 0.15) is 11.1 Å². The Morgan fingerprint density at radius 1 is 1.43 bits per heavy atom. The summed E-state index contributed by atoms with van der Waals surface area (Å²) in [5.41, 5.74) is 0.159. The summed E-state index contributed by atoms with van der Waals surface area (Å²) >= 11 is 1.31. The van der Waals surface area contributed by atoms with Crippen LogP contribution in [-0.2, 0) is 6.54 Å². The van der Waals surface area contributed by atoms with Crippen LogP contribution in [0, 0.1) is 12.8 Å². The van der Waals surface area contributed by atoms with E-state index in [1.807, 2.05) is 20.8 Å². The molecular formula is C14H15N3O3S. The van der Waals surface area contributed by atoms with E-state index in [0.717, 1.165) is 10.4 Å². The number of aromatic amines is 1. The van der Waals surface area contributed by atoms with Gasteiger partial charge < -0.3 is 4.42 Å². The van der Waals surface area contributed by atoms with Crippen LogP contribution in [-0.4, -0.2) is 14.5 Å². The molecule has 0 amide bonds. The van der Waals surface area contributed by atoms with Crippen molar-refractivity contribution in [1.29, 1.82) is 0 Å². The normalized spacial score (nSPS) is 11.6. The van der Waals surface area contributed by atoms with Gasteiger partial charge in [-0.1, -0.05) is 13.8 Å². The lowest BCUT2D eigenvalue weighted by atomic mass is 10.2. The highest BCUT2D eigenvalue weighted by Crippen LogP contribution is 2.34. The van der Waals surface area contributed by atoms with Gasteiger partial charge in [-0.15, -0.1) is 11.3 Å². The second kappa shape index (κ2) is 5.00. The number of nitrogens with zero attached hydrogens (tertiary/aromatic N) is 2. The van der Waals surface area contributed by atoms with Crippen LogP contribution in [0.25, 0.3) is 21.0 Å². The molecular weight excluding hydrogens is 290 g/mol. The lowest BCUT2D eigenvalue weighted by Gasteiger charge is -2.07. The summed E-state index contributed by atoms with van der Waals surface area (Å²) in [6.07, 6.45) is 3.04. The number of fused-ring (bicyclic) bond motifs is 1. The largest absolute Gasteiger partial charge is 0.444 e. The molecule has 3 aromatic heterocycles. The SMILES string of the molecule is Cc1c(-c2ncco2)sc2[nH]c(=O)n(CC(C)C)c(=O)c12. The van der Waals surface area contributed by atoms with Crippen LogP contribution in [0.3, 0.4) is 0 Å². The average molecular weight is 305 g/mol. The number of hydrogen-bond acceptors (Lipinski definition) is 5. The smallest absolute Gasteiger partial charge is 0.329 e. The zero-order chi connectivity index (χ0) is 15.1. The number of H-pyrrole nitrogens is 1. The van der Waals surface area contributed by atoms with Crippen LogP contribution in [0.15, 0.2) is 26.5 Å². The van der Waals surface area contributed by atoms with Crippen molar-refractivity contribution in [1.82, 2.24) is 14.5 Å². The second-order valence-electron chi connectivity index (χ2n) is 5.34. The van der Waals surface area contributed by atoms with E-state index >= 15 is 0 Å². The van der Waals surface area contributed by atoms with Crippen LogP contribution >= 0.6 is 11.3 Å². The minimum Gasteiger partial charge on any atom is -0.444 e. The van der Waals surface area contributed by atoms with Crippen molar-refractivity contribution in [3.05, 3.63) is 38.9 Å². The molecule has 0 aliphatic heterocycles. The van der Waals surface area contributed by atoms with E-state index in [-0.39, 0.29) is 17.2 Å². The van der Waals surface area contributed by atoms with Gasteiger partial charge in [-0.05, 0) is 18.4 Å². The first-order chi connectivity index (χ1) is 9.99. The zero-order valence-corrected chi connectivity index (χ0v) is 12.8. The molecule has 1 N–H and O–H groups in total. The van der Waals surface area contributed by atoms with Crippen molar-refractivity contribution in [2.45, 2.75) is 27.3 Å². The number of hydrogen-bond donors (Lipinski definition) is 1. The Morgan fingerprint density at radius 2 is 2.19 bits per heavy atom. The Morgan fingerprint density at radius 3 is 2.81 bits per heavy atom. The molecule has 3 rings (SSSR count). The summed E-state index contributed by atoms with van der Waals surface area (Å²) < 4.78 is 6.55. The zero-order valence-electron chi connectivity index (χ0n) is 12.0. The van der Waals surface area contributed by atoms with E-state index in [9.17, 15) is 9.59 Å². The molecule has 110 valence electrons. The standard InChI is InChI=1S/C14H15N3O3S/c1-7(2)6-17-13(18)9-8(3)10(11-15-4-5-20-11)21-12(9)16-14(17)19/h4-5,7H,6H2,1-3H3,(H,16,19). The summed E-state index contributed by atoms with van der Waals surface area (Å²) in [5.74, 6) is 0.677. The molecule has 21 heavy (non-hydrogen) atoms. The molecule has 0 aliphatic rings. The number of thiophene rings is 1. The maximum atomic E-state index is 12.6. The first-order valence-corrected chi connectivity index (χ1v) is 7.46. The molecule has 0 saturated carbocycles. The Kier molecular flexibility index (Phi) is 3.29. The van der Waals surface area contributed by atoms with Gasteiger partial charge in [-0.2, -0.15) is 0 Å². The van der Waals surface area contributed by atoms with E-state index < -0.39 is 0 Å². The van der Waals surface area contributed by atoms with Gasteiger partial charge in [0.05, 0.1) is 16.5 Å². The number of oxazole rings is 1. The van der Waals surface area contributed by atoms with Gasteiger partial charge in [-0.3, -0.25) is 14.3 Å². The van der Waals surface area contributed by atoms with Crippen LogP contribution in [0.1, 0.15) is 19.4 Å².